The summed E-state index contributed by atoms with van der Waals surface area (Å²) in [5.41, 5.74) is 6.65. The first-order chi connectivity index (χ1) is 14.8. The van der Waals surface area contributed by atoms with Crippen LogP contribution in [0.25, 0.3) is 0 Å². The smallest absolute Gasteiger partial charge is 0.379 e. The monoisotopic (exact) mass is 442 g/mol. The van der Waals surface area contributed by atoms with Crippen molar-refractivity contribution in [2.75, 3.05) is 77.5 Å². The molecule has 0 saturated carbocycles. The van der Waals surface area contributed by atoms with E-state index in [1.807, 2.05) is 7.05 Å². The second-order valence-corrected chi connectivity index (χ2v) is 8.07. The van der Waals surface area contributed by atoms with E-state index in [1.54, 1.807) is 6.07 Å². The number of hydrogen-bond donors (Lipinski definition) is 2. The molecule has 0 bridgehead atoms. The van der Waals surface area contributed by atoms with Crippen LogP contribution in [0.1, 0.15) is 17.5 Å². The number of anilines is 1. The van der Waals surface area contributed by atoms with Crippen molar-refractivity contribution in [1.82, 2.24) is 15.1 Å². The second-order valence-electron chi connectivity index (χ2n) is 8.07. The predicted molar refractivity (Wildman–Crippen MR) is 116 cm³/mol. The topological polar surface area (TPSA) is 69.4 Å². The Bertz CT molecular complexity index is 728. The molecule has 2 aliphatic rings. The Morgan fingerprint density at radius 1 is 1.13 bits per heavy atom. The molecule has 0 aliphatic carbocycles. The number of halogens is 3. The Morgan fingerprint density at radius 2 is 1.84 bits per heavy atom. The first-order valence-corrected chi connectivity index (χ1v) is 10.8. The van der Waals surface area contributed by atoms with Crippen molar-refractivity contribution >= 4 is 11.6 Å². The van der Waals surface area contributed by atoms with Gasteiger partial charge in [-0.25, -0.2) is 4.99 Å². The van der Waals surface area contributed by atoms with Gasteiger partial charge in [0.05, 0.1) is 25.3 Å². The zero-order chi connectivity index (χ0) is 22.3. The molecule has 3 N–H and O–H groups in total. The third kappa shape index (κ3) is 7.26. The van der Waals surface area contributed by atoms with Gasteiger partial charge in [-0.05, 0) is 43.8 Å². The summed E-state index contributed by atoms with van der Waals surface area (Å²) in [6.07, 6.45) is -3.48. The zero-order valence-corrected chi connectivity index (χ0v) is 18.1. The normalized spacial score (nSPS) is 19.6. The number of ether oxygens (including phenoxy) is 1. The van der Waals surface area contributed by atoms with Gasteiger partial charge in [0, 0.05) is 51.5 Å². The van der Waals surface area contributed by atoms with Crippen LogP contribution in [-0.4, -0.2) is 88.4 Å². The molecule has 2 saturated heterocycles. The minimum atomic E-state index is -4.39. The maximum atomic E-state index is 13.2. The molecule has 2 aliphatic heterocycles. The second kappa shape index (κ2) is 11.0. The lowest BCUT2D eigenvalue weighted by Gasteiger charge is -2.35. The van der Waals surface area contributed by atoms with Crippen molar-refractivity contribution in [3.63, 3.8) is 0 Å². The number of alkyl halides is 3. The highest BCUT2D eigenvalue weighted by molar-refractivity contribution is 5.77. The first-order valence-electron chi connectivity index (χ1n) is 10.8. The quantitative estimate of drug-likeness (QED) is 0.380. The number of hydrogen-bond acceptors (Lipinski definition) is 5. The molecule has 0 radical (unpaired) electrons. The van der Waals surface area contributed by atoms with Crippen LogP contribution < -0.4 is 16.0 Å². The average Bonchev–Trinajstić information content (AvgIpc) is 2.76. The van der Waals surface area contributed by atoms with Gasteiger partial charge in [0.2, 0.25) is 0 Å². The molecule has 1 aromatic carbocycles. The van der Waals surface area contributed by atoms with Gasteiger partial charge in [0.15, 0.2) is 5.96 Å². The fourth-order valence-corrected chi connectivity index (χ4v) is 3.81. The van der Waals surface area contributed by atoms with Gasteiger partial charge in [-0.3, -0.25) is 4.90 Å². The Labute approximate surface area is 182 Å². The summed E-state index contributed by atoms with van der Waals surface area (Å²) in [6.45, 7) is 8.42. The van der Waals surface area contributed by atoms with Gasteiger partial charge in [-0.15, -0.1) is 0 Å². The van der Waals surface area contributed by atoms with E-state index in [0.29, 0.717) is 12.1 Å². The van der Waals surface area contributed by atoms with Crippen molar-refractivity contribution in [2.45, 2.75) is 19.1 Å². The van der Waals surface area contributed by atoms with E-state index in [2.05, 4.69) is 25.0 Å². The summed E-state index contributed by atoms with van der Waals surface area (Å²) < 4.78 is 45.1. The van der Waals surface area contributed by atoms with E-state index in [9.17, 15) is 13.2 Å². The molecular weight excluding hydrogens is 409 g/mol. The molecule has 2 fully saturated rings. The van der Waals surface area contributed by atoms with Gasteiger partial charge in [0.25, 0.3) is 0 Å². The largest absolute Gasteiger partial charge is 0.416 e. The average molecular weight is 443 g/mol. The van der Waals surface area contributed by atoms with Gasteiger partial charge in [-0.1, -0.05) is 0 Å². The van der Waals surface area contributed by atoms with Gasteiger partial charge in [0.1, 0.15) is 0 Å². The highest BCUT2D eigenvalue weighted by Gasteiger charge is 2.31. The van der Waals surface area contributed by atoms with Gasteiger partial charge < -0.3 is 25.6 Å². The third-order valence-corrected chi connectivity index (χ3v) is 5.73. The van der Waals surface area contributed by atoms with Gasteiger partial charge in [-0.2, -0.15) is 13.2 Å². The molecule has 1 aromatic rings. The Balaban J connectivity index is 1.59. The molecule has 31 heavy (non-hydrogen) atoms. The summed E-state index contributed by atoms with van der Waals surface area (Å²) in [5, 5.41) is 3.07. The molecule has 0 atom stereocenters. The van der Waals surface area contributed by atoms with Crippen LogP contribution in [0, 0.1) is 0 Å². The maximum absolute atomic E-state index is 13.2. The van der Waals surface area contributed by atoms with Crippen LogP contribution >= 0.6 is 0 Å². The molecule has 0 spiro atoms. The summed E-state index contributed by atoms with van der Waals surface area (Å²) in [6, 6.07) is 3.90. The highest BCUT2D eigenvalue weighted by Crippen LogP contribution is 2.33. The van der Waals surface area contributed by atoms with Crippen LogP contribution in [0.15, 0.2) is 23.2 Å². The third-order valence-electron chi connectivity index (χ3n) is 5.73. The number of nitrogens with two attached hydrogens (primary N) is 1. The molecule has 7 nitrogen and oxygen atoms in total. The van der Waals surface area contributed by atoms with Crippen LogP contribution in [0.4, 0.5) is 18.9 Å². The lowest BCUT2D eigenvalue weighted by molar-refractivity contribution is -0.137. The van der Waals surface area contributed by atoms with Crippen molar-refractivity contribution in [3.05, 3.63) is 29.3 Å². The van der Waals surface area contributed by atoms with Crippen LogP contribution in [0.5, 0.6) is 0 Å². The molecule has 0 aromatic heterocycles. The molecule has 2 heterocycles. The maximum Gasteiger partial charge on any atom is 0.416 e. The number of benzene rings is 1. The number of rotatable bonds is 7. The van der Waals surface area contributed by atoms with E-state index < -0.39 is 11.7 Å². The SMILES string of the molecule is CN1CCN(c2ccc(C(F)(F)F)cc2CN=C(N)NCCCN2CCOCC2)CC1. The molecule has 0 amide bonds. The molecule has 174 valence electrons. The van der Waals surface area contributed by atoms with E-state index in [-0.39, 0.29) is 12.5 Å². The fraction of sp³-hybridized carbons (Fsp3) is 0.667. The number of morpholine rings is 1. The minimum Gasteiger partial charge on any atom is -0.379 e. The van der Waals surface area contributed by atoms with Crippen molar-refractivity contribution < 1.29 is 17.9 Å². The van der Waals surface area contributed by atoms with Crippen molar-refractivity contribution in [3.8, 4) is 0 Å². The number of aliphatic imine (C=N–C) groups is 1. The molecule has 10 heteroatoms. The lowest BCUT2D eigenvalue weighted by atomic mass is 10.1. The van der Waals surface area contributed by atoms with Crippen LogP contribution in [0.3, 0.4) is 0 Å². The van der Waals surface area contributed by atoms with Crippen molar-refractivity contribution in [1.29, 1.82) is 0 Å². The summed E-state index contributed by atoms with van der Waals surface area (Å²) >= 11 is 0. The van der Waals surface area contributed by atoms with E-state index in [4.69, 9.17) is 10.5 Å². The summed E-state index contributed by atoms with van der Waals surface area (Å²) in [5.74, 6) is 0.253. The number of nitrogens with zero attached hydrogens (tertiary/aromatic N) is 4. The predicted octanol–water partition coefficient (Wildman–Crippen LogP) is 1.58. The summed E-state index contributed by atoms with van der Waals surface area (Å²) in [4.78, 5) is 11.0. The fourth-order valence-electron chi connectivity index (χ4n) is 3.81. The highest BCUT2D eigenvalue weighted by atomic mass is 19.4. The number of nitrogens with one attached hydrogen (secondary N) is 1. The Kier molecular flexibility index (Phi) is 8.39. The first kappa shape index (κ1) is 23.6. The number of guanidine groups is 1. The van der Waals surface area contributed by atoms with Crippen molar-refractivity contribution in [2.24, 2.45) is 10.7 Å². The van der Waals surface area contributed by atoms with Gasteiger partial charge >= 0.3 is 6.18 Å². The number of piperazine rings is 1. The van der Waals surface area contributed by atoms with E-state index in [1.165, 1.54) is 6.07 Å². The Hall–Kier alpha value is -2.04. The van der Waals surface area contributed by atoms with E-state index >= 15 is 0 Å². The minimum absolute atomic E-state index is 0.105. The van der Waals surface area contributed by atoms with Crippen LogP contribution in [-0.2, 0) is 17.5 Å². The molecule has 0 unspecified atom stereocenters. The zero-order valence-electron chi connectivity index (χ0n) is 18.1. The Morgan fingerprint density at radius 3 is 2.52 bits per heavy atom. The number of likely N-dealkylation sites (N-methyl/N-ethyl adjacent to an activating group) is 1. The lowest BCUT2D eigenvalue weighted by Crippen LogP contribution is -2.44. The van der Waals surface area contributed by atoms with E-state index in [0.717, 1.165) is 77.2 Å². The molecular formula is C21H33F3N6O. The standard InChI is InChI=1S/C21H33F3N6O/c1-28-7-9-30(10-8-28)19-4-3-18(21(22,23)24)15-17(19)16-27-20(25)26-5-2-6-29-11-13-31-14-12-29/h3-4,15H,2,5-14,16H2,1H3,(H3,25,26,27). The molecule has 3 rings (SSSR count). The van der Waals surface area contributed by atoms with Crippen LogP contribution in [0.2, 0.25) is 0 Å². The summed E-state index contributed by atoms with van der Waals surface area (Å²) in [7, 11) is 2.04.